The summed E-state index contributed by atoms with van der Waals surface area (Å²) in [6, 6.07) is 17.6. The summed E-state index contributed by atoms with van der Waals surface area (Å²) in [6.07, 6.45) is 3.60. The fourth-order valence-corrected chi connectivity index (χ4v) is 4.01. The molecule has 1 heterocycles. The zero-order chi connectivity index (χ0) is 15.8. The maximum Gasteiger partial charge on any atom is 0.0867 e. The maximum absolute atomic E-state index is 4.69. The van der Waals surface area contributed by atoms with Crippen molar-refractivity contribution < 1.29 is 0 Å². The zero-order valence-corrected chi connectivity index (χ0v) is 14.7. The number of hydrogen-bond acceptors (Lipinski definition) is 2. The fraction of sp³-hybridized carbons (Fsp3) is 0.250. The molecule has 0 fully saturated rings. The lowest BCUT2D eigenvalue weighted by molar-refractivity contribution is 0.601. The predicted molar refractivity (Wildman–Crippen MR) is 99.9 cm³/mol. The minimum Gasteiger partial charge on any atom is -0.378 e. The summed E-state index contributed by atoms with van der Waals surface area (Å²) in [7, 11) is 0. The molecule has 2 aromatic carbocycles. The van der Waals surface area contributed by atoms with Crippen LogP contribution in [0.25, 0.3) is 10.9 Å². The van der Waals surface area contributed by atoms with Crippen molar-refractivity contribution in [1.29, 1.82) is 0 Å². The Balaban J connectivity index is 1.78. The van der Waals surface area contributed by atoms with Crippen molar-refractivity contribution in [2.75, 3.05) is 5.32 Å². The Morgan fingerprint density at radius 1 is 1.13 bits per heavy atom. The molecule has 1 atom stereocenters. The van der Waals surface area contributed by atoms with Gasteiger partial charge in [0.1, 0.15) is 0 Å². The van der Waals surface area contributed by atoms with Crippen LogP contribution in [-0.4, -0.2) is 4.98 Å². The summed E-state index contributed by atoms with van der Waals surface area (Å²) in [5.41, 5.74) is 6.16. The second-order valence-corrected chi connectivity index (χ2v) is 7.09. The topological polar surface area (TPSA) is 24.9 Å². The van der Waals surface area contributed by atoms with E-state index in [1.165, 1.54) is 41.5 Å². The number of para-hydroxylation sites is 1. The van der Waals surface area contributed by atoms with Gasteiger partial charge in [-0.05, 0) is 65.4 Å². The van der Waals surface area contributed by atoms with Crippen LogP contribution in [-0.2, 0) is 6.42 Å². The monoisotopic (exact) mass is 366 g/mol. The summed E-state index contributed by atoms with van der Waals surface area (Å²) in [5, 5.41) is 4.96. The molecule has 0 saturated carbocycles. The van der Waals surface area contributed by atoms with Crippen LogP contribution in [0.5, 0.6) is 0 Å². The third-order valence-electron chi connectivity index (χ3n) is 4.62. The van der Waals surface area contributed by atoms with Gasteiger partial charge in [0.05, 0.1) is 11.6 Å². The molecule has 0 bridgehead atoms. The van der Waals surface area contributed by atoms with Gasteiger partial charge in [-0.2, -0.15) is 0 Å². The summed E-state index contributed by atoms with van der Waals surface area (Å²) >= 11 is 3.63. The average molecular weight is 367 g/mol. The number of aryl methyl sites for hydroxylation is 2. The third kappa shape index (κ3) is 2.74. The van der Waals surface area contributed by atoms with E-state index in [2.05, 4.69) is 81.7 Å². The number of rotatable bonds is 2. The number of anilines is 1. The normalized spacial score (nSPS) is 17.0. The Hall–Kier alpha value is -1.87. The SMILES string of the molecule is Cc1cc(N[C@@H]2CCCc3ccccc32)c2cccc(Br)c2n1. The first-order chi connectivity index (χ1) is 11.2. The van der Waals surface area contributed by atoms with E-state index in [1.54, 1.807) is 0 Å². The summed E-state index contributed by atoms with van der Waals surface area (Å²) in [5.74, 6) is 0. The number of hydrogen-bond donors (Lipinski definition) is 1. The lowest BCUT2D eigenvalue weighted by atomic mass is 9.87. The first-order valence-corrected chi connectivity index (χ1v) is 8.92. The van der Waals surface area contributed by atoms with Gasteiger partial charge in [-0.1, -0.05) is 36.4 Å². The van der Waals surface area contributed by atoms with Crippen molar-refractivity contribution in [3.05, 3.63) is 69.8 Å². The van der Waals surface area contributed by atoms with Crippen LogP contribution in [0.1, 0.15) is 35.7 Å². The number of nitrogens with zero attached hydrogens (tertiary/aromatic N) is 1. The van der Waals surface area contributed by atoms with Crippen molar-refractivity contribution in [2.24, 2.45) is 0 Å². The Morgan fingerprint density at radius 2 is 2.00 bits per heavy atom. The number of nitrogens with one attached hydrogen (secondary N) is 1. The van der Waals surface area contributed by atoms with Crippen LogP contribution in [0.3, 0.4) is 0 Å². The molecule has 3 aromatic rings. The van der Waals surface area contributed by atoms with Crippen LogP contribution in [0.4, 0.5) is 5.69 Å². The number of fused-ring (bicyclic) bond motifs is 2. The molecule has 0 unspecified atom stereocenters. The molecule has 1 N–H and O–H groups in total. The van der Waals surface area contributed by atoms with Crippen molar-refractivity contribution in [3.8, 4) is 0 Å². The van der Waals surface area contributed by atoms with E-state index in [0.717, 1.165) is 15.7 Å². The molecule has 0 amide bonds. The van der Waals surface area contributed by atoms with Crippen LogP contribution in [0.2, 0.25) is 0 Å². The Morgan fingerprint density at radius 3 is 2.91 bits per heavy atom. The Kier molecular flexibility index (Phi) is 3.82. The smallest absolute Gasteiger partial charge is 0.0867 e. The van der Waals surface area contributed by atoms with Gasteiger partial charge in [0.25, 0.3) is 0 Å². The van der Waals surface area contributed by atoms with Crippen LogP contribution >= 0.6 is 15.9 Å². The van der Waals surface area contributed by atoms with E-state index in [-0.39, 0.29) is 0 Å². The fourth-order valence-electron chi connectivity index (χ4n) is 3.55. The van der Waals surface area contributed by atoms with Gasteiger partial charge in [-0.25, -0.2) is 0 Å². The largest absolute Gasteiger partial charge is 0.378 e. The molecule has 1 aliphatic rings. The Labute approximate surface area is 145 Å². The average Bonchev–Trinajstić information content (AvgIpc) is 2.56. The second kappa shape index (κ2) is 5.97. The first kappa shape index (κ1) is 14.7. The van der Waals surface area contributed by atoms with E-state index >= 15 is 0 Å². The van der Waals surface area contributed by atoms with E-state index in [0.29, 0.717) is 6.04 Å². The maximum atomic E-state index is 4.69. The van der Waals surface area contributed by atoms with Gasteiger partial charge in [0, 0.05) is 21.2 Å². The van der Waals surface area contributed by atoms with Gasteiger partial charge in [-0.3, -0.25) is 4.98 Å². The van der Waals surface area contributed by atoms with Crippen molar-refractivity contribution >= 4 is 32.5 Å². The number of aromatic nitrogens is 1. The molecular formula is C20H19BrN2. The van der Waals surface area contributed by atoms with E-state index in [9.17, 15) is 0 Å². The lowest BCUT2D eigenvalue weighted by Crippen LogP contribution is -2.17. The molecule has 116 valence electrons. The molecule has 4 rings (SSSR count). The van der Waals surface area contributed by atoms with E-state index in [1.807, 2.05) is 0 Å². The van der Waals surface area contributed by atoms with Crippen molar-refractivity contribution in [2.45, 2.75) is 32.2 Å². The van der Waals surface area contributed by atoms with Crippen LogP contribution < -0.4 is 5.32 Å². The van der Waals surface area contributed by atoms with Gasteiger partial charge in [0.15, 0.2) is 0 Å². The highest BCUT2D eigenvalue weighted by molar-refractivity contribution is 9.10. The number of benzene rings is 2. The highest BCUT2D eigenvalue weighted by atomic mass is 79.9. The highest BCUT2D eigenvalue weighted by Gasteiger charge is 2.20. The third-order valence-corrected chi connectivity index (χ3v) is 5.26. The molecule has 0 radical (unpaired) electrons. The molecule has 1 aliphatic carbocycles. The molecule has 3 heteroatoms. The standard InChI is InChI=1S/C20H19BrN2/c1-13-12-19(16-9-5-10-17(21)20(16)22-13)23-18-11-4-7-14-6-2-3-8-15(14)18/h2-3,5-6,8-10,12,18H,4,7,11H2,1H3,(H,22,23)/t18-/m1/s1. The lowest BCUT2D eigenvalue weighted by Gasteiger charge is -2.28. The highest BCUT2D eigenvalue weighted by Crippen LogP contribution is 2.35. The molecular weight excluding hydrogens is 348 g/mol. The number of pyridine rings is 1. The Bertz CT molecular complexity index is 873. The van der Waals surface area contributed by atoms with Gasteiger partial charge in [-0.15, -0.1) is 0 Å². The van der Waals surface area contributed by atoms with Crippen LogP contribution in [0.15, 0.2) is 53.0 Å². The summed E-state index contributed by atoms with van der Waals surface area (Å²) in [6.45, 7) is 2.05. The van der Waals surface area contributed by atoms with Crippen LogP contribution in [0, 0.1) is 6.92 Å². The van der Waals surface area contributed by atoms with Crippen molar-refractivity contribution in [1.82, 2.24) is 4.98 Å². The molecule has 1 aromatic heterocycles. The first-order valence-electron chi connectivity index (χ1n) is 8.12. The van der Waals surface area contributed by atoms with E-state index < -0.39 is 0 Å². The van der Waals surface area contributed by atoms with Gasteiger partial charge < -0.3 is 5.32 Å². The second-order valence-electron chi connectivity index (χ2n) is 6.24. The minimum absolute atomic E-state index is 0.379. The predicted octanol–water partition coefficient (Wildman–Crippen LogP) is 5.80. The quantitative estimate of drug-likeness (QED) is 0.620. The molecule has 2 nitrogen and oxygen atoms in total. The zero-order valence-electron chi connectivity index (χ0n) is 13.1. The van der Waals surface area contributed by atoms with E-state index in [4.69, 9.17) is 0 Å². The molecule has 0 spiro atoms. The number of halogens is 1. The minimum atomic E-state index is 0.379. The molecule has 23 heavy (non-hydrogen) atoms. The molecule has 0 aliphatic heterocycles. The summed E-state index contributed by atoms with van der Waals surface area (Å²) in [4.78, 5) is 4.69. The van der Waals surface area contributed by atoms with Gasteiger partial charge >= 0.3 is 0 Å². The summed E-state index contributed by atoms with van der Waals surface area (Å²) < 4.78 is 1.05. The van der Waals surface area contributed by atoms with Crippen molar-refractivity contribution in [3.63, 3.8) is 0 Å². The van der Waals surface area contributed by atoms with Gasteiger partial charge in [0.2, 0.25) is 0 Å². The molecule has 0 saturated heterocycles.